The molecule has 0 spiro atoms. The Morgan fingerprint density at radius 3 is 2.39 bits per heavy atom. The monoisotopic (exact) mass is 256 g/mol. The molecule has 1 N–H and O–H groups in total. The lowest BCUT2D eigenvalue weighted by Gasteiger charge is -2.17. The number of aromatic nitrogens is 2. The molecule has 5 heteroatoms. The van der Waals surface area contributed by atoms with Crippen LogP contribution in [0.25, 0.3) is 11.0 Å². The molecule has 0 aliphatic carbocycles. The van der Waals surface area contributed by atoms with Crippen molar-refractivity contribution in [3.8, 4) is 0 Å². The number of hydrogen-bond acceptors (Lipinski definition) is 1. The quantitative estimate of drug-likeness (QED) is 0.815. The van der Waals surface area contributed by atoms with Gasteiger partial charge in [-0.2, -0.15) is 13.2 Å². The maximum atomic E-state index is 12.5. The summed E-state index contributed by atoms with van der Waals surface area (Å²) in [7, 11) is 0. The summed E-state index contributed by atoms with van der Waals surface area (Å²) >= 11 is 0. The van der Waals surface area contributed by atoms with Gasteiger partial charge in [0.15, 0.2) is 0 Å². The van der Waals surface area contributed by atoms with Crippen LogP contribution in [0.3, 0.4) is 0 Å². The van der Waals surface area contributed by atoms with Gasteiger partial charge < -0.3 is 4.98 Å². The minimum Gasteiger partial charge on any atom is -0.334 e. The molecule has 0 bridgehead atoms. The molecule has 0 saturated heterocycles. The molecule has 18 heavy (non-hydrogen) atoms. The molecule has 1 aromatic heterocycles. The van der Waals surface area contributed by atoms with Crippen molar-refractivity contribution in [1.29, 1.82) is 0 Å². The number of halogens is 3. The van der Waals surface area contributed by atoms with Gasteiger partial charge >= 0.3 is 6.18 Å². The van der Waals surface area contributed by atoms with Crippen molar-refractivity contribution in [2.24, 2.45) is 5.41 Å². The van der Waals surface area contributed by atoms with Crippen LogP contribution in [0, 0.1) is 5.41 Å². The minimum atomic E-state index is -4.43. The van der Waals surface area contributed by atoms with Gasteiger partial charge in [-0.25, -0.2) is 4.98 Å². The summed E-state index contributed by atoms with van der Waals surface area (Å²) in [6, 6.07) is 5.19. The van der Waals surface area contributed by atoms with E-state index in [4.69, 9.17) is 0 Å². The fraction of sp³-hybridized carbons (Fsp3) is 0.462. The van der Waals surface area contributed by atoms with Crippen LogP contribution in [0.4, 0.5) is 13.2 Å². The van der Waals surface area contributed by atoms with E-state index in [1.54, 1.807) is 12.1 Å². The molecular weight excluding hydrogens is 241 g/mol. The van der Waals surface area contributed by atoms with Gasteiger partial charge in [-0.3, -0.25) is 0 Å². The summed E-state index contributed by atoms with van der Waals surface area (Å²) in [6.45, 7) is 6.27. The molecule has 0 atom stereocenters. The molecular formula is C13H15F3N2. The average molecular weight is 256 g/mol. The van der Waals surface area contributed by atoms with Crippen LogP contribution in [-0.4, -0.2) is 9.97 Å². The second-order valence-electron chi connectivity index (χ2n) is 5.67. The molecule has 2 rings (SSSR count). The second kappa shape index (κ2) is 4.00. The molecule has 0 unspecified atom stereocenters. The summed E-state index contributed by atoms with van der Waals surface area (Å²) in [6.07, 6.45) is -3.62. The van der Waals surface area contributed by atoms with Crippen LogP contribution in [0.2, 0.25) is 0 Å². The maximum absolute atomic E-state index is 12.5. The van der Waals surface area contributed by atoms with E-state index in [2.05, 4.69) is 30.7 Å². The van der Waals surface area contributed by atoms with Crippen molar-refractivity contribution in [2.75, 3.05) is 0 Å². The summed E-state index contributed by atoms with van der Waals surface area (Å²) in [5.74, 6) is -0.939. The largest absolute Gasteiger partial charge is 0.449 e. The number of nitrogens with zero attached hydrogens (tertiary/aromatic N) is 1. The number of nitrogens with one attached hydrogen (secondary N) is 1. The molecule has 0 radical (unpaired) electrons. The van der Waals surface area contributed by atoms with E-state index in [0.29, 0.717) is 11.0 Å². The second-order valence-corrected chi connectivity index (χ2v) is 5.67. The van der Waals surface area contributed by atoms with Crippen LogP contribution < -0.4 is 0 Å². The third kappa shape index (κ3) is 2.83. The first-order chi connectivity index (χ1) is 8.15. The SMILES string of the molecule is CC(C)(C)Cc1ccc2nc(C(F)(F)F)[nH]c2c1. The summed E-state index contributed by atoms with van der Waals surface area (Å²) in [4.78, 5) is 5.87. The molecule has 0 fully saturated rings. The number of alkyl halides is 3. The van der Waals surface area contributed by atoms with Crippen LogP contribution in [0.5, 0.6) is 0 Å². The Hall–Kier alpha value is -1.52. The first-order valence-electron chi connectivity index (χ1n) is 5.71. The van der Waals surface area contributed by atoms with Crippen molar-refractivity contribution < 1.29 is 13.2 Å². The van der Waals surface area contributed by atoms with Gasteiger partial charge in [-0.15, -0.1) is 0 Å². The number of aromatic amines is 1. The number of H-pyrrole nitrogens is 1. The zero-order valence-corrected chi connectivity index (χ0v) is 10.5. The van der Waals surface area contributed by atoms with Crippen LogP contribution in [0.15, 0.2) is 18.2 Å². The number of hydrogen-bond donors (Lipinski definition) is 1. The van der Waals surface area contributed by atoms with Gasteiger partial charge in [0, 0.05) is 0 Å². The smallest absolute Gasteiger partial charge is 0.334 e. The highest BCUT2D eigenvalue weighted by Gasteiger charge is 2.34. The molecule has 1 aromatic carbocycles. The van der Waals surface area contributed by atoms with Gasteiger partial charge in [0.2, 0.25) is 5.82 Å². The Bertz CT molecular complexity index is 562. The van der Waals surface area contributed by atoms with Gasteiger partial charge in [-0.05, 0) is 29.5 Å². The number of benzene rings is 1. The molecule has 0 aliphatic heterocycles. The number of imidazole rings is 1. The van der Waals surface area contributed by atoms with Crippen molar-refractivity contribution >= 4 is 11.0 Å². The fourth-order valence-corrected chi connectivity index (χ4v) is 1.91. The maximum Gasteiger partial charge on any atom is 0.449 e. The topological polar surface area (TPSA) is 28.7 Å². The normalized spacial score (nSPS) is 13.2. The highest BCUT2D eigenvalue weighted by atomic mass is 19.4. The average Bonchev–Trinajstić information content (AvgIpc) is 2.57. The zero-order valence-electron chi connectivity index (χ0n) is 10.5. The van der Waals surface area contributed by atoms with Gasteiger partial charge in [-0.1, -0.05) is 26.8 Å². The Balaban J connectivity index is 2.40. The minimum absolute atomic E-state index is 0.0978. The molecule has 0 saturated carbocycles. The van der Waals surface area contributed by atoms with Crippen molar-refractivity contribution in [3.63, 3.8) is 0 Å². The Morgan fingerprint density at radius 1 is 1.17 bits per heavy atom. The van der Waals surface area contributed by atoms with E-state index in [1.807, 2.05) is 6.07 Å². The van der Waals surface area contributed by atoms with E-state index in [1.165, 1.54) is 0 Å². The van der Waals surface area contributed by atoms with Gasteiger partial charge in [0.25, 0.3) is 0 Å². The van der Waals surface area contributed by atoms with Crippen molar-refractivity contribution in [3.05, 3.63) is 29.6 Å². The fourth-order valence-electron chi connectivity index (χ4n) is 1.91. The summed E-state index contributed by atoms with van der Waals surface area (Å²) < 4.78 is 37.5. The predicted octanol–water partition coefficient (Wildman–Crippen LogP) is 4.17. The third-order valence-corrected chi connectivity index (χ3v) is 2.55. The Labute approximate surface area is 103 Å². The van der Waals surface area contributed by atoms with Crippen LogP contribution >= 0.6 is 0 Å². The van der Waals surface area contributed by atoms with Gasteiger partial charge in [0.1, 0.15) is 0 Å². The van der Waals surface area contributed by atoms with E-state index in [9.17, 15) is 13.2 Å². The molecule has 2 aromatic rings. The predicted molar refractivity (Wildman–Crippen MR) is 64.3 cm³/mol. The lowest BCUT2D eigenvalue weighted by atomic mass is 9.88. The highest BCUT2D eigenvalue weighted by Crippen LogP contribution is 2.29. The van der Waals surface area contributed by atoms with Gasteiger partial charge in [0.05, 0.1) is 11.0 Å². The third-order valence-electron chi connectivity index (χ3n) is 2.55. The van der Waals surface area contributed by atoms with E-state index < -0.39 is 12.0 Å². The molecule has 2 nitrogen and oxygen atoms in total. The molecule has 0 aliphatic rings. The van der Waals surface area contributed by atoms with Crippen LogP contribution in [0.1, 0.15) is 32.2 Å². The Kier molecular flexibility index (Phi) is 2.87. The van der Waals surface area contributed by atoms with E-state index in [-0.39, 0.29) is 5.41 Å². The highest BCUT2D eigenvalue weighted by molar-refractivity contribution is 5.76. The standard InChI is InChI=1S/C13H15F3N2/c1-12(2,3)7-8-4-5-9-10(6-8)18-11(17-9)13(14,15)16/h4-6H,7H2,1-3H3,(H,17,18). The summed E-state index contributed by atoms with van der Waals surface area (Å²) in [5, 5.41) is 0. The lowest BCUT2D eigenvalue weighted by Crippen LogP contribution is -2.08. The summed E-state index contributed by atoms with van der Waals surface area (Å²) in [5.41, 5.74) is 1.89. The molecule has 0 amide bonds. The molecule has 1 heterocycles. The lowest BCUT2D eigenvalue weighted by molar-refractivity contribution is -0.144. The molecule has 98 valence electrons. The zero-order chi connectivity index (χ0) is 13.6. The van der Waals surface area contributed by atoms with Crippen molar-refractivity contribution in [2.45, 2.75) is 33.4 Å². The Morgan fingerprint density at radius 2 is 1.83 bits per heavy atom. The van der Waals surface area contributed by atoms with Crippen molar-refractivity contribution in [1.82, 2.24) is 9.97 Å². The van der Waals surface area contributed by atoms with Crippen LogP contribution in [-0.2, 0) is 12.6 Å². The first kappa shape index (κ1) is 12.9. The number of rotatable bonds is 1. The first-order valence-corrected chi connectivity index (χ1v) is 5.71. The van der Waals surface area contributed by atoms with E-state index in [0.717, 1.165) is 12.0 Å². The number of fused-ring (bicyclic) bond motifs is 1. The van der Waals surface area contributed by atoms with E-state index >= 15 is 0 Å².